The van der Waals surface area contributed by atoms with Gasteiger partial charge in [-0.2, -0.15) is 132 Å². The summed E-state index contributed by atoms with van der Waals surface area (Å²) in [6.07, 6.45) is -34.8. The topological polar surface area (TPSA) is 20.9 Å². The van der Waals surface area contributed by atoms with E-state index in [-0.39, 0.29) is 5.78 Å². The van der Waals surface area contributed by atoms with Crippen LogP contribution in [0, 0.1) is 0 Å². The molecule has 0 aliphatic heterocycles. The van der Waals surface area contributed by atoms with E-state index in [1.807, 2.05) is 42.6 Å². The SMILES string of the molecule is CCCCCCCCCCCCCCCC(=O)c1cccc[n+]1Cc1ccccc1.FC(F)(F)c1cc([B-](c2cc(C(F)(F)F)cc(C(F)(F)F)c2)(c2cc(C(F)(F)F)cc(C(F)(F)F)c2)c2cc(C(F)(F)F)cc(C(F)(F)F)c2)cc(C(F)(F)F)c1. The summed E-state index contributed by atoms with van der Waals surface area (Å²) in [7, 11) is 0. The van der Waals surface area contributed by atoms with Gasteiger partial charge in [0.05, 0.1) is 44.5 Å². The van der Waals surface area contributed by atoms with Gasteiger partial charge in [0, 0.05) is 24.1 Å². The van der Waals surface area contributed by atoms with Crippen LogP contribution in [-0.2, 0) is 56.0 Å². The van der Waals surface area contributed by atoms with Gasteiger partial charge in [0.1, 0.15) is 6.15 Å². The lowest BCUT2D eigenvalue weighted by Crippen LogP contribution is -2.75. The first kappa shape index (κ1) is 71.1. The molecule has 0 amide bonds. The summed E-state index contributed by atoms with van der Waals surface area (Å²) in [6.45, 7) is 3.03. The molecule has 27 heteroatoms. The summed E-state index contributed by atoms with van der Waals surface area (Å²) >= 11 is 0. The number of hydrogen-bond donors (Lipinski definition) is 0. The van der Waals surface area contributed by atoms with Gasteiger partial charge in [0.25, 0.3) is 0 Å². The summed E-state index contributed by atoms with van der Waals surface area (Å²) in [5.74, 6) is 0.273. The summed E-state index contributed by atoms with van der Waals surface area (Å²) in [5, 5.41) is 0. The van der Waals surface area contributed by atoms with Gasteiger partial charge in [-0.1, -0.05) is 163 Å². The first-order chi connectivity index (χ1) is 40.1. The van der Waals surface area contributed by atoms with E-state index in [4.69, 9.17) is 0 Å². The molecule has 0 N–H and O–H groups in total. The monoisotopic (exact) mass is 1270 g/mol. The zero-order valence-electron chi connectivity index (χ0n) is 45.7. The molecule has 0 spiro atoms. The van der Waals surface area contributed by atoms with Crippen LogP contribution in [-0.4, -0.2) is 11.9 Å². The largest absolute Gasteiger partial charge is 0.416 e. The fourth-order valence-electron chi connectivity index (χ4n) is 10.1. The third-order valence-corrected chi connectivity index (χ3v) is 14.4. The predicted molar refractivity (Wildman–Crippen MR) is 277 cm³/mol. The average Bonchev–Trinajstić information content (AvgIpc) is 0.727. The van der Waals surface area contributed by atoms with Crippen LogP contribution in [0.4, 0.5) is 105 Å². The number of rotatable bonds is 21. The van der Waals surface area contributed by atoms with E-state index < -0.39 is 195 Å². The third kappa shape index (κ3) is 19.6. The molecule has 0 saturated carbocycles. The Kier molecular flexibility index (Phi) is 23.0. The summed E-state index contributed by atoms with van der Waals surface area (Å²) in [5.41, 5.74) is -28.1. The van der Waals surface area contributed by atoms with Gasteiger partial charge in [-0.3, -0.25) is 4.79 Å². The van der Waals surface area contributed by atoms with Gasteiger partial charge in [-0.05, 0) is 36.8 Å². The summed E-state index contributed by atoms with van der Waals surface area (Å²) in [6, 6.07) is 7.48. The van der Waals surface area contributed by atoms with Crippen molar-refractivity contribution in [3.05, 3.63) is 183 Å². The van der Waals surface area contributed by atoms with Crippen molar-refractivity contribution in [3.63, 3.8) is 0 Å². The number of Topliss-reactive ketones (excluding diaryl/α,β-unsaturated/α-hetero) is 1. The number of ketones is 1. The van der Waals surface area contributed by atoms with Crippen LogP contribution in [0.25, 0.3) is 0 Å². The van der Waals surface area contributed by atoms with E-state index >= 15 is 0 Å². The zero-order valence-corrected chi connectivity index (χ0v) is 45.7. The van der Waals surface area contributed by atoms with Crippen molar-refractivity contribution < 1.29 is 115 Å². The molecule has 6 rings (SSSR count). The number of alkyl halides is 24. The lowest BCUT2D eigenvalue weighted by atomic mass is 9.12. The summed E-state index contributed by atoms with van der Waals surface area (Å²) < 4.78 is 343. The van der Waals surface area contributed by atoms with Crippen LogP contribution >= 0.6 is 0 Å². The number of carbonyl (C=O) groups excluding carboxylic acids is 1. The second-order valence-corrected chi connectivity index (χ2v) is 20.8. The average molecular weight is 1270 g/mol. The van der Waals surface area contributed by atoms with E-state index in [1.165, 1.54) is 82.6 Å². The number of pyridine rings is 1. The Hall–Kier alpha value is -6.70. The molecule has 0 atom stereocenters. The van der Waals surface area contributed by atoms with Crippen molar-refractivity contribution in [2.75, 3.05) is 0 Å². The third-order valence-electron chi connectivity index (χ3n) is 14.4. The Morgan fingerprint density at radius 2 is 0.586 bits per heavy atom. The van der Waals surface area contributed by atoms with Crippen molar-refractivity contribution in [1.29, 1.82) is 0 Å². The fourth-order valence-corrected chi connectivity index (χ4v) is 10.1. The number of halogens is 24. The molecule has 0 fully saturated rings. The zero-order chi connectivity index (χ0) is 65.2. The maximum absolute atomic E-state index is 14.2. The van der Waals surface area contributed by atoms with Crippen molar-refractivity contribution >= 4 is 33.8 Å². The van der Waals surface area contributed by atoms with E-state index in [1.54, 1.807) is 0 Å². The molecule has 0 saturated heterocycles. The number of hydrogen-bond acceptors (Lipinski definition) is 1. The Bertz CT molecular complexity index is 2780. The first-order valence-corrected chi connectivity index (χ1v) is 27.0. The second kappa shape index (κ2) is 28.2. The number of nitrogens with zero attached hydrogens (tertiary/aromatic N) is 1. The molecule has 0 aliphatic carbocycles. The molecule has 0 aliphatic rings. The van der Waals surface area contributed by atoms with Crippen molar-refractivity contribution in [2.24, 2.45) is 0 Å². The normalized spacial score (nSPS) is 13.2. The maximum Gasteiger partial charge on any atom is 0.416 e. The molecule has 0 radical (unpaired) electrons. The van der Waals surface area contributed by atoms with Crippen LogP contribution in [0.1, 0.15) is 157 Å². The van der Waals surface area contributed by atoms with Crippen LogP contribution in [0.2, 0.25) is 0 Å². The summed E-state index contributed by atoms with van der Waals surface area (Å²) in [4.78, 5) is 12.7. The first-order valence-electron chi connectivity index (χ1n) is 27.0. The Balaban J connectivity index is 0.000000386. The Morgan fingerprint density at radius 3 is 0.851 bits per heavy atom. The van der Waals surface area contributed by atoms with Crippen LogP contribution in [0.3, 0.4) is 0 Å². The molecule has 0 bridgehead atoms. The van der Waals surface area contributed by atoms with Gasteiger partial charge in [-0.25, -0.2) is 0 Å². The number of unbranched alkanes of at least 4 members (excludes halogenated alkanes) is 12. The number of aromatic nitrogens is 1. The molecule has 0 unspecified atom stereocenters. The Morgan fingerprint density at radius 1 is 0.333 bits per heavy atom. The van der Waals surface area contributed by atoms with Gasteiger partial charge in [-0.15, -0.1) is 0 Å². The van der Waals surface area contributed by atoms with Crippen molar-refractivity contribution in [2.45, 2.75) is 153 Å². The van der Waals surface area contributed by atoms with E-state index in [0.717, 1.165) is 18.7 Å². The van der Waals surface area contributed by atoms with Crippen molar-refractivity contribution in [1.82, 2.24) is 0 Å². The smallest absolute Gasteiger partial charge is 0.287 e. The van der Waals surface area contributed by atoms with Gasteiger partial charge in [0.15, 0.2) is 12.7 Å². The molecule has 87 heavy (non-hydrogen) atoms. The predicted octanol–water partition coefficient (Wildman–Crippen LogP) is 18.9. The van der Waals surface area contributed by atoms with Gasteiger partial charge in [0.2, 0.25) is 11.5 Å². The van der Waals surface area contributed by atoms with Crippen LogP contribution in [0.5, 0.6) is 0 Å². The van der Waals surface area contributed by atoms with E-state index in [2.05, 4.69) is 23.6 Å². The molecule has 6 aromatic rings. The van der Waals surface area contributed by atoms with Crippen molar-refractivity contribution in [3.8, 4) is 0 Å². The highest BCUT2D eigenvalue weighted by Crippen LogP contribution is 2.41. The molecule has 1 heterocycles. The highest BCUT2D eigenvalue weighted by atomic mass is 19.4. The minimum absolute atomic E-state index is 0.273. The lowest BCUT2D eigenvalue weighted by molar-refractivity contribution is -0.690. The quantitative estimate of drug-likeness (QED) is 0.0231. The highest BCUT2D eigenvalue weighted by Gasteiger charge is 2.47. The number of carbonyl (C=O) groups is 1. The molecule has 1 aromatic heterocycles. The fraction of sp³-hybridized carbons (Fsp3) is 0.400. The number of benzene rings is 5. The molecular weight excluding hydrogens is 1220 g/mol. The van der Waals surface area contributed by atoms with Crippen LogP contribution < -0.4 is 26.4 Å². The van der Waals surface area contributed by atoms with E-state index in [0.29, 0.717) is 6.42 Å². The molecule has 2 nitrogen and oxygen atoms in total. The molecule has 5 aromatic carbocycles. The Labute approximate surface area is 483 Å². The molecule has 476 valence electrons. The lowest BCUT2D eigenvalue weighted by Gasteiger charge is -2.46. The van der Waals surface area contributed by atoms with Gasteiger partial charge < -0.3 is 0 Å². The maximum atomic E-state index is 14.2. The van der Waals surface area contributed by atoms with E-state index in [9.17, 15) is 110 Å². The second-order valence-electron chi connectivity index (χ2n) is 20.8. The van der Waals surface area contributed by atoms with Gasteiger partial charge >= 0.3 is 49.4 Å². The van der Waals surface area contributed by atoms with Crippen LogP contribution in [0.15, 0.2) is 128 Å². The molecular formula is C60H54BF24NO. The standard InChI is InChI=1S/C32H12BF24.C28H42NO/c34-25(35,36)13-1-14(26(37,38)39)6-21(5-13)33(22-7-15(27(40,41)42)2-16(8-22)28(43,44)45,23-9-17(29(46,47)48)3-18(10-23)30(49,50)51)24-11-19(31(52,53)54)4-20(12-24)32(55,56)57;1-2-3-4-5-6-7-8-9-10-11-12-13-17-23-28(30)27-22-18-19-24-29(27)25-26-20-15-14-16-21-26/h1-12H;14-16,18-22,24H,2-13,17,23,25H2,1H3/q-1;+1. The minimum atomic E-state index is -6.13. The highest BCUT2D eigenvalue weighted by molar-refractivity contribution is 7.20. The minimum Gasteiger partial charge on any atom is -0.287 e.